The van der Waals surface area contributed by atoms with Crippen molar-refractivity contribution >= 4 is 27.3 Å². The van der Waals surface area contributed by atoms with Crippen LogP contribution in [0.3, 0.4) is 0 Å². The third kappa shape index (κ3) is 8.08. The highest BCUT2D eigenvalue weighted by Gasteiger charge is 2.19. The molecule has 3 rings (SSSR count). The largest absolute Gasteiger partial charge is 0.492 e. The highest BCUT2D eigenvalue weighted by atomic mass is 32.2. The molecule has 0 bridgehead atoms. The molecule has 0 aliphatic carbocycles. The molecule has 0 aliphatic heterocycles. The van der Waals surface area contributed by atoms with Gasteiger partial charge in [0.2, 0.25) is 5.91 Å². The van der Waals surface area contributed by atoms with Crippen LogP contribution < -0.4 is 15.4 Å². The Morgan fingerprint density at radius 1 is 0.909 bits per heavy atom. The molecule has 2 amide bonds. The first-order chi connectivity index (χ1) is 15.8. The molecule has 0 heterocycles. The number of amides is 2. The number of ether oxygens (including phenoxy) is 1. The quantitative estimate of drug-likeness (QED) is 0.475. The van der Waals surface area contributed by atoms with Crippen LogP contribution in [0.15, 0.2) is 84.9 Å². The minimum Gasteiger partial charge on any atom is -0.492 e. The summed E-state index contributed by atoms with van der Waals surface area (Å²) in [5.41, 5.74) is 1.84. The van der Waals surface area contributed by atoms with Gasteiger partial charge in [-0.15, -0.1) is 0 Å². The Labute approximate surface area is 193 Å². The lowest BCUT2D eigenvalue weighted by atomic mass is 10.0. The normalized spacial score (nSPS) is 11.9. The predicted molar refractivity (Wildman–Crippen MR) is 128 cm³/mol. The van der Waals surface area contributed by atoms with Gasteiger partial charge < -0.3 is 15.4 Å². The third-order valence-corrected chi connectivity index (χ3v) is 5.68. The minimum absolute atomic E-state index is 0.0256. The van der Waals surface area contributed by atoms with Crippen LogP contribution in [0, 0.1) is 0 Å². The van der Waals surface area contributed by atoms with Crippen molar-refractivity contribution in [3.8, 4) is 5.75 Å². The molecule has 0 aromatic heterocycles. The number of benzene rings is 3. The summed E-state index contributed by atoms with van der Waals surface area (Å²) in [6.07, 6.45) is 1.18. The van der Waals surface area contributed by atoms with Crippen LogP contribution in [0.1, 0.15) is 28.4 Å². The lowest BCUT2D eigenvalue weighted by Gasteiger charge is -2.19. The maximum Gasteiger partial charge on any atom is 0.251 e. The Hall–Kier alpha value is -3.65. The smallest absolute Gasteiger partial charge is 0.251 e. The van der Waals surface area contributed by atoms with Gasteiger partial charge in [-0.3, -0.25) is 9.59 Å². The van der Waals surface area contributed by atoms with Gasteiger partial charge >= 0.3 is 0 Å². The maximum absolute atomic E-state index is 12.8. The van der Waals surface area contributed by atoms with Crippen molar-refractivity contribution in [2.75, 3.05) is 23.9 Å². The van der Waals surface area contributed by atoms with Crippen LogP contribution in [-0.4, -0.2) is 38.8 Å². The van der Waals surface area contributed by atoms with Crippen molar-refractivity contribution in [3.63, 3.8) is 0 Å². The average molecular weight is 467 g/mol. The maximum atomic E-state index is 12.8. The molecule has 1 atom stereocenters. The van der Waals surface area contributed by atoms with Crippen molar-refractivity contribution in [2.45, 2.75) is 12.5 Å². The number of carbonyl (C=O) groups excluding carboxylic acids is 2. The number of sulfone groups is 1. The van der Waals surface area contributed by atoms with E-state index in [1.807, 2.05) is 36.4 Å². The Balaban J connectivity index is 1.66. The summed E-state index contributed by atoms with van der Waals surface area (Å²) >= 11 is 0. The van der Waals surface area contributed by atoms with E-state index in [-0.39, 0.29) is 30.6 Å². The average Bonchev–Trinajstić information content (AvgIpc) is 2.79. The number of nitrogens with one attached hydrogen (secondary N) is 2. The van der Waals surface area contributed by atoms with E-state index in [0.29, 0.717) is 17.0 Å². The minimum atomic E-state index is -3.12. The molecule has 0 fully saturated rings. The number of hydrogen-bond acceptors (Lipinski definition) is 5. The van der Waals surface area contributed by atoms with Crippen LogP contribution in [0.2, 0.25) is 0 Å². The first-order valence-electron chi connectivity index (χ1n) is 10.4. The summed E-state index contributed by atoms with van der Waals surface area (Å²) in [5.74, 6) is -0.193. The SMILES string of the molecule is CS(=O)(=O)CCOc1cccc(NC(=O)CC(NC(=O)c2ccccc2)c2ccccc2)c1. The predicted octanol–water partition coefficient (Wildman–Crippen LogP) is 3.61. The van der Waals surface area contributed by atoms with E-state index in [4.69, 9.17) is 4.74 Å². The molecule has 0 saturated heterocycles. The molecule has 33 heavy (non-hydrogen) atoms. The van der Waals surface area contributed by atoms with E-state index in [2.05, 4.69) is 10.6 Å². The van der Waals surface area contributed by atoms with Crippen LogP contribution in [0.25, 0.3) is 0 Å². The zero-order valence-electron chi connectivity index (χ0n) is 18.2. The van der Waals surface area contributed by atoms with Crippen molar-refractivity contribution in [1.29, 1.82) is 0 Å². The first kappa shape index (κ1) is 24.0. The van der Waals surface area contributed by atoms with Crippen molar-refractivity contribution in [3.05, 3.63) is 96.1 Å². The van der Waals surface area contributed by atoms with Crippen molar-refractivity contribution < 1.29 is 22.7 Å². The van der Waals surface area contributed by atoms with E-state index < -0.39 is 15.9 Å². The van der Waals surface area contributed by atoms with E-state index >= 15 is 0 Å². The van der Waals surface area contributed by atoms with Gasteiger partial charge in [0.25, 0.3) is 5.91 Å². The fourth-order valence-electron chi connectivity index (χ4n) is 3.14. The zero-order valence-corrected chi connectivity index (χ0v) is 19.0. The monoisotopic (exact) mass is 466 g/mol. The van der Waals surface area contributed by atoms with E-state index in [9.17, 15) is 18.0 Å². The van der Waals surface area contributed by atoms with Gasteiger partial charge in [-0.2, -0.15) is 0 Å². The summed E-state index contributed by atoms with van der Waals surface area (Å²) in [7, 11) is -3.12. The van der Waals surface area contributed by atoms with Gasteiger partial charge in [-0.25, -0.2) is 8.42 Å². The highest BCUT2D eigenvalue weighted by molar-refractivity contribution is 7.90. The zero-order chi connectivity index (χ0) is 23.7. The fourth-order valence-corrected chi connectivity index (χ4v) is 3.53. The van der Waals surface area contributed by atoms with Gasteiger partial charge in [-0.1, -0.05) is 54.6 Å². The highest BCUT2D eigenvalue weighted by Crippen LogP contribution is 2.21. The van der Waals surface area contributed by atoms with Gasteiger partial charge in [0.15, 0.2) is 9.84 Å². The van der Waals surface area contributed by atoms with Crippen molar-refractivity contribution in [2.24, 2.45) is 0 Å². The molecule has 0 radical (unpaired) electrons. The Morgan fingerprint density at radius 3 is 2.24 bits per heavy atom. The van der Waals surface area contributed by atoms with Crippen LogP contribution in [0.4, 0.5) is 5.69 Å². The summed E-state index contributed by atoms with van der Waals surface area (Å²) < 4.78 is 28.0. The van der Waals surface area contributed by atoms with Crippen LogP contribution in [0.5, 0.6) is 5.75 Å². The standard InChI is InChI=1S/C25H26N2O5S/c1-33(30,31)16-15-32-22-14-8-13-21(17-22)26-24(28)18-23(19-9-4-2-5-10-19)27-25(29)20-11-6-3-7-12-20/h2-14,17,23H,15-16,18H2,1H3,(H,26,28)(H,27,29). The molecular weight excluding hydrogens is 440 g/mol. The van der Waals surface area contributed by atoms with Crippen molar-refractivity contribution in [1.82, 2.24) is 5.32 Å². The molecule has 7 nitrogen and oxygen atoms in total. The second-order valence-electron chi connectivity index (χ2n) is 7.56. The van der Waals surface area contributed by atoms with Gasteiger partial charge in [-0.05, 0) is 29.8 Å². The molecule has 172 valence electrons. The number of hydrogen-bond donors (Lipinski definition) is 2. The first-order valence-corrected chi connectivity index (χ1v) is 12.5. The lowest BCUT2D eigenvalue weighted by Crippen LogP contribution is -2.31. The number of carbonyl (C=O) groups is 2. The lowest BCUT2D eigenvalue weighted by molar-refractivity contribution is -0.116. The molecule has 3 aromatic rings. The van der Waals surface area contributed by atoms with E-state index in [1.54, 1.807) is 48.5 Å². The molecule has 3 aromatic carbocycles. The molecule has 8 heteroatoms. The molecule has 0 saturated carbocycles. The second-order valence-corrected chi connectivity index (χ2v) is 9.82. The molecular formula is C25H26N2O5S. The molecule has 1 unspecified atom stereocenters. The summed E-state index contributed by atoms with van der Waals surface area (Å²) in [6, 6.07) is 24.3. The second kappa shape index (κ2) is 11.3. The van der Waals surface area contributed by atoms with Gasteiger partial charge in [0, 0.05) is 23.6 Å². The molecule has 2 N–H and O–H groups in total. The van der Waals surface area contributed by atoms with Gasteiger partial charge in [0.05, 0.1) is 18.2 Å². The Kier molecular flexibility index (Phi) is 8.21. The number of rotatable bonds is 10. The fraction of sp³-hybridized carbons (Fsp3) is 0.200. The summed E-state index contributed by atoms with van der Waals surface area (Å²) in [6.45, 7) is 0.0256. The topological polar surface area (TPSA) is 102 Å². The Bertz CT molecular complexity index is 1180. The van der Waals surface area contributed by atoms with E-state index in [0.717, 1.165) is 11.8 Å². The third-order valence-electron chi connectivity index (χ3n) is 4.77. The Morgan fingerprint density at radius 2 is 1.58 bits per heavy atom. The summed E-state index contributed by atoms with van der Waals surface area (Å²) in [4.78, 5) is 25.5. The van der Waals surface area contributed by atoms with E-state index in [1.165, 1.54) is 0 Å². The molecule has 0 aliphatic rings. The van der Waals surface area contributed by atoms with Crippen LogP contribution in [-0.2, 0) is 14.6 Å². The summed E-state index contributed by atoms with van der Waals surface area (Å²) in [5, 5.41) is 5.75. The number of anilines is 1. The van der Waals surface area contributed by atoms with Gasteiger partial charge in [0.1, 0.15) is 12.4 Å². The molecule has 0 spiro atoms. The van der Waals surface area contributed by atoms with Crippen LogP contribution >= 0.6 is 0 Å².